The van der Waals surface area contributed by atoms with Crippen molar-refractivity contribution in [3.8, 4) is 0 Å². The summed E-state index contributed by atoms with van der Waals surface area (Å²) in [5.74, 6) is -0.913. The molecular formula is C15H25NO3. The van der Waals surface area contributed by atoms with Crippen LogP contribution in [-0.4, -0.2) is 22.5 Å². The largest absolute Gasteiger partial charge is 0.479 e. The second-order valence-electron chi connectivity index (χ2n) is 6.65. The fourth-order valence-corrected chi connectivity index (χ4v) is 3.64. The van der Waals surface area contributed by atoms with Gasteiger partial charge in [0.25, 0.3) is 0 Å². The van der Waals surface area contributed by atoms with Gasteiger partial charge in [-0.1, -0.05) is 39.5 Å². The first-order valence-corrected chi connectivity index (χ1v) is 7.47. The Balaban J connectivity index is 2.17. The van der Waals surface area contributed by atoms with Crippen molar-refractivity contribution in [3.05, 3.63) is 0 Å². The molecule has 2 N–H and O–H groups in total. The molecule has 0 aromatic heterocycles. The summed E-state index contributed by atoms with van der Waals surface area (Å²) in [6.07, 6.45) is 7.27. The van der Waals surface area contributed by atoms with Crippen molar-refractivity contribution >= 4 is 11.9 Å². The summed E-state index contributed by atoms with van der Waals surface area (Å²) in [6.45, 7) is 3.92. The van der Waals surface area contributed by atoms with E-state index >= 15 is 0 Å². The lowest BCUT2D eigenvalue weighted by molar-refractivity contribution is -0.153. The number of nitrogens with one attached hydrogen (secondary N) is 1. The van der Waals surface area contributed by atoms with E-state index in [1.807, 2.05) is 13.8 Å². The van der Waals surface area contributed by atoms with Crippen LogP contribution in [0.2, 0.25) is 0 Å². The van der Waals surface area contributed by atoms with Gasteiger partial charge in [-0.05, 0) is 31.6 Å². The summed E-state index contributed by atoms with van der Waals surface area (Å²) >= 11 is 0. The van der Waals surface area contributed by atoms with Gasteiger partial charge < -0.3 is 10.4 Å². The number of hydrogen-bond acceptors (Lipinski definition) is 2. The minimum Gasteiger partial charge on any atom is -0.479 e. The van der Waals surface area contributed by atoms with Crippen LogP contribution in [0.5, 0.6) is 0 Å². The Kier molecular flexibility index (Phi) is 3.88. The van der Waals surface area contributed by atoms with Crippen LogP contribution < -0.4 is 5.32 Å². The Labute approximate surface area is 115 Å². The van der Waals surface area contributed by atoms with Gasteiger partial charge in [0.05, 0.1) is 0 Å². The molecule has 2 fully saturated rings. The van der Waals surface area contributed by atoms with E-state index in [9.17, 15) is 14.7 Å². The third kappa shape index (κ3) is 2.49. The standard InChI is InChI=1S/C15H25NO3/c1-11-7-3-4-10-15(11,13(18)19)16-12(17)14(2)8-5-6-9-14/h11H,3-10H2,1-2H3,(H,16,17)(H,18,19). The SMILES string of the molecule is CC1CCCCC1(NC(=O)C1(C)CCCC1)C(=O)O. The molecule has 0 bridgehead atoms. The van der Waals surface area contributed by atoms with Crippen LogP contribution >= 0.6 is 0 Å². The zero-order valence-corrected chi connectivity index (χ0v) is 12.0. The lowest BCUT2D eigenvalue weighted by Crippen LogP contribution is -2.62. The van der Waals surface area contributed by atoms with E-state index in [-0.39, 0.29) is 17.2 Å². The second-order valence-corrected chi connectivity index (χ2v) is 6.65. The summed E-state index contributed by atoms with van der Waals surface area (Å²) in [4.78, 5) is 24.2. The average Bonchev–Trinajstić information content (AvgIpc) is 2.80. The fourth-order valence-electron chi connectivity index (χ4n) is 3.64. The number of carboxylic acid groups (broad SMARTS) is 1. The van der Waals surface area contributed by atoms with Crippen LogP contribution in [0.4, 0.5) is 0 Å². The van der Waals surface area contributed by atoms with Gasteiger partial charge in [0, 0.05) is 5.41 Å². The molecule has 4 nitrogen and oxygen atoms in total. The quantitative estimate of drug-likeness (QED) is 0.826. The first kappa shape index (κ1) is 14.4. The molecule has 108 valence electrons. The highest BCUT2D eigenvalue weighted by atomic mass is 16.4. The molecule has 2 unspecified atom stereocenters. The number of carbonyl (C=O) groups is 2. The maximum atomic E-state index is 12.5. The number of aliphatic carboxylic acids is 1. The molecule has 0 aromatic carbocycles. The van der Waals surface area contributed by atoms with Gasteiger partial charge in [0.1, 0.15) is 5.54 Å². The van der Waals surface area contributed by atoms with Gasteiger partial charge in [0.2, 0.25) is 5.91 Å². The zero-order valence-electron chi connectivity index (χ0n) is 12.0. The molecule has 0 radical (unpaired) electrons. The third-order valence-corrected chi connectivity index (χ3v) is 5.27. The van der Waals surface area contributed by atoms with Crippen molar-refractivity contribution in [1.82, 2.24) is 5.32 Å². The Hall–Kier alpha value is -1.06. The van der Waals surface area contributed by atoms with Crippen molar-refractivity contribution in [3.63, 3.8) is 0 Å². The van der Waals surface area contributed by atoms with Gasteiger partial charge in [-0.3, -0.25) is 4.79 Å². The Morgan fingerprint density at radius 2 is 1.68 bits per heavy atom. The molecule has 0 heterocycles. The van der Waals surface area contributed by atoms with Gasteiger partial charge in [-0.2, -0.15) is 0 Å². The van der Waals surface area contributed by atoms with Crippen molar-refractivity contribution in [1.29, 1.82) is 0 Å². The van der Waals surface area contributed by atoms with Gasteiger partial charge >= 0.3 is 5.97 Å². The fraction of sp³-hybridized carbons (Fsp3) is 0.867. The highest BCUT2D eigenvalue weighted by Gasteiger charge is 2.49. The maximum absolute atomic E-state index is 12.5. The normalized spacial score (nSPS) is 33.9. The van der Waals surface area contributed by atoms with E-state index in [0.717, 1.165) is 44.9 Å². The smallest absolute Gasteiger partial charge is 0.329 e. The molecule has 1 amide bonds. The molecule has 0 aromatic rings. The predicted molar refractivity (Wildman–Crippen MR) is 72.7 cm³/mol. The first-order valence-electron chi connectivity index (χ1n) is 7.47. The molecule has 0 saturated heterocycles. The van der Waals surface area contributed by atoms with E-state index in [1.54, 1.807) is 0 Å². The van der Waals surface area contributed by atoms with Gasteiger partial charge in [-0.25, -0.2) is 4.79 Å². The topological polar surface area (TPSA) is 66.4 Å². The molecular weight excluding hydrogens is 242 g/mol. The number of carboxylic acids is 1. The molecule has 19 heavy (non-hydrogen) atoms. The van der Waals surface area contributed by atoms with Crippen LogP contribution in [0, 0.1) is 11.3 Å². The lowest BCUT2D eigenvalue weighted by Gasteiger charge is -2.41. The molecule has 4 heteroatoms. The van der Waals surface area contributed by atoms with Gasteiger partial charge in [-0.15, -0.1) is 0 Å². The average molecular weight is 267 g/mol. The molecule has 2 rings (SSSR count). The lowest BCUT2D eigenvalue weighted by atomic mass is 9.72. The highest BCUT2D eigenvalue weighted by molar-refractivity contribution is 5.90. The summed E-state index contributed by atoms with van der Waals surface area (Å²) in [5, 5.41) is 12.5. The Morgan fingerprint density at radius 1 is 1.11 bits per heavy atom. The maximum Gasteiger partial charge on any atom is 0.329 e. The Bertz CT molecular complexity index is 374. The van der Waals surface area contributed by atoms with Crippen molar-refractivity contribution in [2.75, 3.05) is 0 Å². The number of rotatable bonds is 3. The summed E-state index contributed by atoms with van der Waals surface area (Å²) in [7, 11) is 0. The zero-order chi connectivity index (χ0) is 14.1. The van der Waals surface area contributed by atoms with Crippen molar-refractivity contribution in [2.24, 2.45) is 11.3 Å². The minimum absolute atomic E-state index is 0.00713. The van der Waals surface area contributed by atoms with Crippen LogP contribution in [0.1, 0.15) is 65.2 Å². The van der Waals surface area contributed by atoms with Crippen LogP contribution in [-0.2, 0) is 9.59 Å². The first-order chi connectivity index (χ1) is 8.91. The summed E-state index contributed by atoms with van der Waals surface area (Å²) < 4.78 is 0. The van der Waals surface area contributed by atoms with E-state index < -0.39 is 11.5 Å². The van der Waals surface area contributed by atoms with Crippen LogP contribution in [0.15, 0.2) is 0 Å². The third-order valence-electron chi connectivity index (χ3n) is 5.27. The monoisotopic (exact) mass is 267 g/mol. The van der Waals surface area contributed by atoms with E-state index in [1.165, 1.54) is 0 Å². The highest BCUT2D eigenvalue weighted by Crippen LogP contribution is 2.40. The van der Waals surface area contributed by atoms with E-state index in [0.29, 0.717) is 6.42 Å². The van der Waals surface area contributed by atoms with E-state index in [4.69, 9.17) is 0 Å². The second kappa shape index (κ2) is 5.14. The van der Waals surface area contributed by atoms with Crippen molar-refractivity contribution in [2.45, 2.75) is 70.8 Å². The van der Waals surface area contributed by atoms with Gasteiger partial charge in [0.15, 0.2) is 0 Å². The van der Waals surface area contributed by atoms with E-state index in [2.05, 4.69) is 5.32 Å². The molecule has 2 aliphatic rings. The molecule has 2 atom stereocenters. The molecule has 2 aliphatic carbocycles. The van der Waals surface area contributed by atoms with Crippen molar-refractivity contribution < 1.29 is 14.7 Å². The molecule has 0 spiro atoms. The number of amides is 1. The minimum atomic E-state index is -1.04. The Morgan fingerprint density at radius 3 is 2.21 bits per heavy atom. The van der Waals surface area contributed by atoms with Crippen LogP contribution in [0.25, 0.3) is 0 Å². The van der Waals surface area contributed by atoms with Crippen LogP contribution in [0.3, 0.4) is 0 Å². The predicted octanol–water partition coefficient (Wildman–Crippen LogP) is 2.72. The number of hydrogen-bond donors (Lipinski definition) is 2. The molecule has 0 aliphatic heterocycles. The number of carbonyl (C=O) groups excluding carboxylic acids is 1. The molecule has 2 saturated carbocycles. The summed E-state index contributed by atoms with van der Waals surface area (Å²) in [5.41, 5.74) is -1.40. The summed E-state index contributed by atoms with van der Waals surface area (Å²) in [6, 6.07) is 0.